The Morgan fingerprint density at radius 2 is 1.80 bits per heavy atom. The van der Waals surface area contributed by atoms with Crippen LogP contribution in [-0.4, -0.2) is 23.2 Å². The van der Waals surface area contributed by atoms with Crippen LogP contribution in [0.3, 0.4) is 0 Å². The number of halogens is 3. The maximum atomic E-state index is 12.9. The van der Waals surface area contributed by atoms with E-state index in [4.69, 9.17) is 0 Å². The van der Waals surface area contributed by atoms with Gasteiger partial charge in [-0.15, -0.1) is 13.2 Å². The highest BCUT2D eigenvalue weighted by atomic mass is 19.4. The fourth-order valence-electron chi connectivity index (χ4n) is 3.42. The zero-order valence-electron chi connectivity index (χ0n) is 16.5. The molecule has 8 heteroatoms. The van der Waals surface area contributed by atoms with Crippen LogP contribution in [0.1, 0.15) is 31.0 Å². The number of aliphatic hydroxyl groups is 1. The Labute approximate surface area is 171 Å². The van der Waals surface area contributed by atoms with E-state index in [2.05, 4.69) is 4.74 Å². The van der Waals surface area contributed by atoms with Crippen LogP contribution in [0.25, 0.3) is 0 Å². The number of carbonyl (C=O) groups is 2. The highest BCUT2D eigenvalue weighted by Gasteiger charge is 2.45. The van der Waals surface area contributed by atoms with Crippen LogP contribution < -0.4 is 9.64 Å². The van der Waals surface area contributed by atoms with E-state index in [1.165, 1.54) is 12.1 Å². The second-order valence-corrected chi connectivity index (χ2v) is 7.32. The number of benzene rings is 2. The number of nitrogens with zero attached hydrogens (tertiary/aromatic N) is 1. The summed E-state index contributed by atoms with van der Waals surface area (Å²) in [5.41, 5.74) is 1.39. The standard InChI is InChI=1S/C22H20F3NO4/c1-12(2)19(27)17-18(14-7-4-6-13(3)10-14)26(21(29)20(17)28)15-8-5-9-16(11-15)30-22(23,24)25/h4-12,18,28H,1-3H3. The highest BCUT2D eigenvalue weighted by Crippen LogP contribution is 2.43. The van der Waals surface area contributed by atoms with E-state index in [0.29, 0.717) is 5.56 Å². The molecule has 0 fully saturated rings. The summed E-state index contributed by atoms with van der Waals surface area (Å²) >= 11 is 0. The fraction of sp³-hybridized carbons (Fsp3) is 0.273. The van der Waals surface area contributed by atoms with E-state index in [9.17, 15) is 27.9 Å². The summed E-state index contributed by atoms with van der Waals surface area (Å²) in [7, 11) is 0. The Bertz CT molecular complexity index is 1030. The monoisotopic (exact) mass is 419 g/mol. The van der Waals surface area contributed by atoms with Crippen LogP contribution in [0.2, 0.25) is 0 Å². The van der Waals surface area contributed by atoms with Crippen molar-refractivity contribution in [1.29, 1.82) is 0 Å². The number of Topliss-reactive ketones (excluding diaryl/α,β-unsaturated/α-hetero) is 1. The van der Waals surface area contributed by atoms with E-state index in [1.807, 2.05) is 13.0 Å². The van der Waals surface area contributed by atoms with Gasteiger partial charge in [0.2, 0.25) is 0 Å². The van der Waals surface area contributed by atoms with Gasteiger partial charge in [-0.25, -0.2) is 0 Å². The van der Waals surface area contributed by atoms with Gasteiger partial charge in [-0.3, -0.25) is 14.5 Å². The number of rotatable bonds is 5. The largest absolute Gasteiger partial charge is 0.573 e. The van der Waals surface area contributed by atoms with Crippen molar-refractivity contribution in [3.8, 4) is 5.75 Å². The number of hydrogen-bond donors (Lipinski definition) is 1. The first-order valence-electron chi connectivity index (χ1n) is 9.23. The zero-order valence-corrected chi connectivity index (χ0v) is 16.5. The molecule has 5 nitrogen and oxygen atoms in total. The summed E-state index contributed by atoms with van der Waals surface area (Å²) in [6.45, 7) is 5.11. The molecular weight excluding hydrogens is 399 g/mol. The Morgan fingerprint density at radius 1 is 1.13 bits per heavy atom. The van der Waals surface area contributed by atoms with Gasteiger partial charge in [0, 0.05) is 17.7 Å². The maximum absolute atomic E-state index is 12.9. The first kappa shape index (κ1) is 21.4. The van der Waals surface area contributed by atoms with Crippen molar-refractivity contribution in [2.75, 3.05) is 4.90 Å². The first-order chi connectivity index (χ1) is 14.0. The quantitative estimate of drug-likeness (QED) is 0.739. The average Bonchev–Trinajstić information content (AvgIpc) is 2.91. The number of ketones is 1. The maximum Gasteiger partial charge on any atom is 0.573 e. The number of carbonyl (C=O) groups excluding carboxylic acids is 2. The minimum absolute atomic E-state index is 0.0614. The van der Waals surface area contributed by atoms with Crippen LogP contribution in [-0.2, 0) is 9.59 Å². The molecule has 2 aromatic carbocycles. The molecule has 0 spiro atoms. The Hall–Kier alpha value is -3.29. The van der Waals surface area contributed by atoms with Gasteiger partial charge in [0.05, 0.1) is 11.6 Å². The molecular formula is C22H20F3NO4. The second-order valence-electron chi connectivity index (χ2n) is 7.32. The molecule has 0 radical (unpaired) electrons. The third kappa shape index (κ3) is 4.17. The molecule has 1 heterocycles. The molecule has 30 heavy (non-hydrogen) atoms. The molecule has 0 bridgehead atoms. The third-order valence-electron chi connectivity index (χ3n) is 4.69. The van der Waals surface area contributed by atoms with Gasteiger partial charge in [-0.1, -0.05) is 49.7 Å². The van der Waals surface area contributed by atoms with E-state index in [-0.39, 0.29) is 11.3 Å². The molecule has 1 aliphatic rings. The van der Waals surface area contributed by atoms with E-state index < -0.39 is 41.5 Å². The van der Waals surface area contributed by atoms with Gasteiger partial charge in [0.1, 0.15) is 5.75 Å². The van der Waals surface area contributed by atoms with Crippen molar-refractivity contribution in [3.05, 3.63) is 71.0 Å². The van der Waals surface area contributed by atoms with Gasteiger partial charge in [0.15, 0.2) is 11.5 Å². The van der Waals surface area contributed by atoms with Crippen LogP contribution in [0.15, 0.2) is 59.9 Å². The molecule has 1 aliphatic heterocycles. The summed E-state index contributed by atoms with van der Waals surface area (Å²) in [4.78, 5) is 26.9. The molecule has 158 valence electrons. The van der Waals surface area contributed by atoms with Crippen molar-refractivity contribution < 1.29 is 32.6 Å². The lowest BCUT2D eigenvalue weighted by Crippen LogP contribution is -2.31. The molecule has 1 amide bonds. The normalized spacial score (nSPS) is 17.1. The predicted molar refractivity (Wildman–Crippen MR) is 104 cm³/mol. The van der Waals surface area contributed by atoms with Gasteiger partial charge in [-0.05, 0) is 24.6 Å². The van der Waals surface area contributed by atoms with E-state index in [0.717, 1.165) is 22.6 Å². The number of hydrogen-bond acceptors (Lipinski definition) is 4. The van der Waals surface area contributed by atoms with Crippen LogP contribution in [0.4, 0.5) is 18.9 Å². The Morgan fingerprint density at radius 3 is 2.40 bits per heavy atom. The van der Waals surface area contributed by atoms with Crippen LogP contribution in [0, 0.1) is 12.8 Å². The van der Waals surface area contributed by atoms with Gasteiger partial charge in [-0.2, -0.15) is 0 Å². The van der Waals surface area contributed by atoms with Gasteiger partial charge >= 0.3 is 6.36 Å². The molecule has 3 rings (SSSR count). The first-order valence-corrected chi connectivity index (χ1v) is 9.23. The Balaban J connectivity index is 2.15. The zero-order chi connectivity index (χ0) is 22.2. The minimum Gasteiger partial charge on any atom is -0.503 e. The molecule has 0 saturated heterocycles. The summed E-state index contributed by atoms with van der Waals surface area (Å²) in [5.74, 6) is -3.00. The number of ether oxygens (including phenoxy) is 1. The second kappa shape index (κ2) is 7.85. The van der Waals surface area contributed by atoms with Crippen LogP contribution >= 0.6 is 0 Å². The lowest BCUT2D eigenvalue weighted by molar-refractivity contribution is -0.274. The molecule has 1 atom stereocenters. The average molecular weight is 419 g/mol. The third-order valence-corrected chi connectivity index (χ3v) is 4.69. The topological polar surface area (TPSA) is 66.8 Å². The Kier molecular flexibility index (Phi) is 5.61. The predicted octanol–water partition coefficient (Wildman–Crippen LogP) is 5.02. The lowest BCUT2D eigenvalue weighted by Gasteiger charge is -2.28. The fourth-order valence-corrected chi connectivity index (χ4v) is 3.42. The summed E-state index contributed by atoms with van der Waals surface area (Å²) in [5, 5.41) is 10.5. The van der Waals surface area contributed by atoms with Crippen molar-refractivity contribution in [3.63, 3.8) is 0 Å². The van der Waals surface area contributed by atoms with E-state index >= 15 is 0 Å². The smallest absolute Gasteiger partial charge is 0.503 e. The summed E-state index contributed by atoms with van der Waals surface area (Å²) in [6, 6.07) is 10.9. The molecule has 0 aliphatic carbocycles. The van der Waals surface area contributed by atoms with Crippen molar-refractivity contribution in [2.24, 2.45) is 5.92 Å². The minimum atomic E-state index is -4.90. The lowest BCUT2D eigenvalue weighted by atomic mass is 9.90. The molecule has 1 N–H and O–H groups in total. The highest BCUT2D eigenvalue weighted by molar-refractivity contribution is 6.16. The number of aryl methyl sites for hydroxylation is 1. The van der Waals surface area contributed by atoms with Crippen molar-refractivity contribution in [1.82, 2.24) is 0 Å². The van der Waals surface area contributed by atoms with Crippen molar-refractivity contribution in [2.45, 2.75) is 33.2 Å². The number of alkyl halides is 3. The van der Waals surface area contributed by atoms with Gasteiger partial charge in [0.25, 0.3) is 5.91 Å². The number of aliphatic hydroxyl groups excluding tert-OH is 1. The number of amides is 1. The van der Waals surface area contributed by atoms with Gasteiger partial charge < -0.3 is 9.84 Å². The molecule has 1 unspecified atom stereocenters. The van der Waals surface area contributed by atoms with Crippen molar-refractivity contribution >= 4 is 17.4 Å². The summed E-state index contributed by atoms with van der Waals surface area (Å²) < 4.78 is 41.9. The van der Waals surface area contributed by atoms with Crippen LogP contribution in [0.5, 0.6) is 5.75 Å². The van der Waals surface area contributed by atoms with E-state index in [1.54, 1.807) is 32.0 Å². The number of anilines is 1. The molecule has 0 aromatic heterocycles. The molecule has 2 aromatic rings. The SMILES string of the molecule is Cc1cccc(C2C(C(=O)C(C)C)=C(O)C(=O)N2c2cccc(OC(F)(F)F)c2)c1. The summed E-state index contributed by atoms with van der Waals surface area (Å²) in [6.07, 6.45) is -4.90. The molecule has 0 saturated carbocycles.